The molecule has 3 amide bonds. The normalized spacial score (nSPS) is 30.0. The van der Waals surface area contributed by atoms with Gasteiger partial charge in [0, 0.05) is 6.04 Å². The molecule has 4 atom stereocenters. The summed E-state index contributed by atoms with van der Waals surface area (Å²) in [5.41, 5.74) is 7.71. The number of rotatable bonds is 5. The fraction of sp³-hybridized carbons (Fsp3) is 0.619. The van der Waals surface area contributed by atoms with Crippen LogP contribution in [0.1, 0.15) is 63.6 Å². The number of carbonyl (C=O) groups is 2. The van der Waals surface area contributed by atoms with Gasteiger partial charge in [-0.2, -0.15) is 0 Å². The van der Waals surface area contributed by atoms with Gasteiger partial charge in [-0.15, -0.1) is 0 Å². The summed E-state index contributed by atoms with van der Waals surface area (Å²) in [6, 6.07) is 6.95. The van der Waals surface area contributed by atoms with Crippen molar-refractivity contribution in [2.75, 3.05) is 0 Å². The van der Waals surface area contributed by atoms with Crippen LogP contribution in [0.5, 0.6) is 0 Å². The van der Waals surface area contributed by atoms with Crippen LogP contribution in [0, 0.1) is 23.7 Å². The van der Waals surface area contributed by atoms with Gasteiger partial charge in [-0.1, -0.05) is 45.0 Å². The van der Waals surface area contributed by atoms with Gasteiger partial charge < -0.3 is 16.4 Å². The zero-order chi connectivity index (χ0) is 19.1. The molecule has 0 aliphatic heterocycles. The summed E-state index contributed by atoms with van der Waals surface area (Å²) in [5.74, 6) is 0.648. The topological polar surface area (TPSA) is 84.2 Å². The molecule has 4 N–H and O–H groups in total. The Hall–Kier alpha value is -2.04. The van der Waals surface area contributed by atoms with Crippen LogP contribution in [0.25, 0.3) is 0 Å². The second-order valence-corrected chi connectivity index (χ2v) is 8.85. The molecule has 4 unspecified atom stereocenters. The van der Waals surface area contributed by atoms with E-state index in [0.29, 0.717) is 5.92 Å². The van der Waals surface area contributed by atoms with Crippen LogP contribution in [-0.4, -0.2) is 18.0 Å². The third-order valence-corrected chi connectivity index (χ3v) is 7.40. The molecule has 1 aromatic rings. The molecule has 0 aromatic heterocycles. The molecular formula is C21H31N3O2. The van der Waals surface area contributed by atoms with Crippen LogP contribution in [0.2, 0.25) is 0 Å². The van der Waals surface area contributed by atoms with Crippen molar-refractivity contribution in [2.24, 2.45) is 22.5 Å². The minimum Gasteiger partial charge on any atom is -0.353 e. The van der Waals surface area contributed by atoms with Gasteiger partial charge in [0.05, 0.1) is 12.5 Å². The number of primary amides is 1. The van der Waals surface area contributed by atoms with Crippen molar-refractivity contribution in [3.8, 4) is 0 Å². The third-order valence-electron chi connectivity index (χ3n) is 7.40. The molecular weight excluding hydrogens is 326 g/mol. The predicted octanol–water partition coefficient (Wildman–Crippen LogP) is 3.43. The molecule has 0 radical (unpaired) electrons. The number of nitrogens with two attached hydrogens (primary N) is 1. The second kappa shape index (κ2) is 6.60. The molecule has 2 aliphatic carbocycles. The summed E-state index contributed by atoms with van der Waals surface area (Å²) in [6.45, 7) is 8.96. The number of carbonyl (C=O) groups excluding carboxylic acids is 2. The molecule has 2 fully saturated rings. The Labute approximate surface area is 156 Å². The predicted molar refractivity (Wildman–Crippen MR) is 102 cm³/mol. The number of amides is 3. The van der Waals surface area contributed by atoms with Crippen molar-refractivity contribution in [1.29, 1.82) is 0 Å². The van der Waals surface area contributed by atoms with Gasteiger partial charge in [0.25, 0.3) is 0 Å². The van der Waals surface area contributed by atoms with Gasteiger partial charge in [-0.05, 0) is 54.1 Å². The molecule has 0 saturated heterocycles. The molecule has 5 heteroatoms. The third kappa shape index (κ3) is 3.08. The molecule has 26 heavy (non-hydrogen) atoms. The van der Waals surface area contributed by atoms with Crippen molar-refractivity contribution < 1.29 is 9.59 Å². The van der Waals surface area contributed by atoms with E-state index in [1.54, 1.807) is 0 Å². The summed E-state index contributed by atoms with van der Waals surface area (Å²) in [7, 11) is 0. The van der Waals surface area contributed by atoms with Gasteiger partial charge in [0.2, 0.25) is 5.91 Å². The first-order valence-corrected chi connectivity index (χ1v) is 9.56. The van der Waals surface area contributed by atoms with Gasteiger partial charge in [-0.25, -0.2) is 4.79 Å². The van der Waals surface area contributed by atoms with E-state index in [0.717, 1.165) is 24.0 Å². The van der Waals surface area contributed by atoms with Crippen molar-refractivity contribution in [3.05, 3.63) is 35.4 Å². The first-order valence-electron chi connectivity index (χ1n) is 9.56. The Morgan fingerprint density at radius 1 is 1.27 bits per heavy atom. The smallest absolute Gasteiger partial charge is 0.312 e. The first kappa shape index (κ1) is 18.7. The highest BCUT2D eigenvalue weighted by atomic mass is 16.2. The van der Waals surface area contributed by atoms with Crippen LogP contribution >= 0.6 is 0 Å². The van der Waals surface area contributed by atoms with E-state index in [2.05, 4.69) is 31.4 Å². The van der Waals surface area contributed by atoms with Crippen molar-refractivity contribution in [1.82, 2.24) is 10.6 Å². The van der Waals surface area contributed by atoms with E-state index in [-0.39, 0.29) is 29.2 Å². The molecule has 1 aromatic carbocycles. The molecule has 142 valence electrons. The Kier molecular flexibility index (Phi) is 4.76. The van der Waals surface area contributed by atoms with E-state index in [1.165, 1.54) is 6.42 Å². The van der Waals surface area contributed by atoms with E-state index in [4.69, 9.17) is 5.73 Å². The molecule has 3 rings (SSSR count). The molecule has 2 saturated carbocycles. The number of benzene rings is 1. The number of hydrogen-bond acceptors (Lipinski definition) is 2. The Bertz CT molecular complexity index is 715. The van der Waals surface area contributed by atoms with E-state index < -0.39 is 12.1 Å². The van der Waals surface area contributed by atoms with E-state index in [9.17, 15) is 9.59 Å². The average Bonchev–Trinajstić information content (AvgIpc) is 2.87. The maximum atomic E-state index is 12.8. The summed E-state index contributed by atoms with van der Waals surface area (Å²) < 4.78 is 0. The van der Waals surface area contributed by atoms with Crippen LogP contribution in [0.15, 0.2) is 24.3 Å². The lowest BCUT2D eigenvalue weighted by atomic mass is 9.69. The van der Waals surface area contributed by atoms with Gasteiger partial charge in [0.1, 0.15) is 0 Å². The molecule has 2 aliphatic rings. The van der Waals surface area contributed by atoms with Crippen molar-refractivity contribution in [2.45, 2.75) is 65.5 Å². The van der Waals surface area contributed by atoms with Crippen molar-refractivity contribution in [3.63, 3.8) is 0 Å². The van der Waals surface area contributed by atoms with Crippen molar-refractivity contribution >= 4 is 11.9 Å². The Balaban J connectivity index is 1.71. The summed E-state index contributed by atoms with van der Waals surface area (Å²) in [5, 5.41) is 6.00. The number of nitrogens with one attached hydrogen (secondary N) is 2. The summed E-state index contributed by atoms with van der Waals surface area (Å²) >= 11 is 0. The maximum Gasteiger partial charge on any atom is 0.312 e. The maximum absolute atomic E-state index is 12.8. The first-order chi connectivity index (χ1) is 12.1. The monoisotopic (exact) mass is 357 g/mol. The second-order valence-electron chi connectivity index (χ2n) is 8.85. The van der Waals surface area contributed by atoms with E-state index in [1.807, 2.05) is 31.2 Å². The molecule has 0 heterocycles. The fourth-order valence-electron chi connectivity index (χ4n) is 5.25. The lowest BCUT2D eigenvalue weighted by Gasteiger charge is -2.39. The number of fused-ring (bicyclic) bond motifs is 2. The summed E-state index contributed by atoms with van der Waals surface area (Å²) in [4.78, 5) is 24.2. The lowest BCUT2D eigenvalue weighted by molar-refractivity contribution is -0.123. The fourth-order valence-corrected chi connectivity index (χ4v) is 5.25. The molecule has 5 nitrogen and oxygen atoms in total. The number of urea groups is 1. The van der Waals surface area contributed by atoms with Crippen LogP contribution in [0.3, 0.4) is 0 Å². The Morgan fingerprint density at radius 3 is 2.50 bits per heavy atom. The highest BCUT2D eigenvalue weighted by Crippen LogP contribution is 2.65. The number of aryl methyl sites for hydroxylation is 1. The highest BCUT2D eigenvalue weighted by Gasteiger charge is 2.61. The molecule has 2 bridgehead atoms. The number of hydrogen-bond donors (Lipinski definition) is 3. The average molecular weight is 357 g/mol. The van der Waals surface area contributed by atoms with E-state index >= 15 is 0 Å². The van der Waals surface area contributed by atoms with Crippen LogP contribution < -0.4 is 16.4 Å². The minimum atomic E-state index is -0.612. The van der Waals surface area contributed by atoms with Crippen LogP contribution in [0.4, 0.5) is 4.79 Å². The highest BCUT2D eigenvalue weighted by molar-refractivity contribution is 5.79. The van der Waals surface area contributed by atoms with Gasteiger partial charge in [-0.3, -0.25) is 4.79 Å². The quantitative estimate of drug-likeness (QED) is 0.754. The molecule has 0 spiro atoms. The SMILES string of the molecule is Cc1ccccc1C(CC(=O)NC1CC2CCC1(C)C2(C)C)NC(N)=O. The lowest BCUT2D eigenvalue weighted by Crippen LogP contribution is -2.47. The minimum absolute atomic E-state index is 0.0263. The van der Waals surface area contributed by atoms with Gasteiger partial charge >= 0.3 is 6.03 Å². The van der Waals surface area contributed by atoms with Gasteiger partial charge in [0.15, 0.2) is 0 Å². The van der Waals surface area contributed by atoms with Crippen LogP contribution in [-0.2, 0) is 4.79 Å². The Morgan fingerprint density at radius 2 is 1.96 bits per heavy atom. The summed E-state index contributed by atoms with van der Waals surface area (Å²) in [6.07, 6.45) is 3.67. The largest absolute Gasteiger partial charge is 0.353 e. The zero-order valence-corrected chi connectivity index (χ0v) is 16.3. The standard InChI is InChI=1S/C21H31N3O2/c1-13-7-5-6-8-15(13)16(23-19(22)26)12-18(25)24-17-11-14-9-10-21(17,4)20(14,2)3/h5-8,14,16-17H,9-12H2,1-4H3,(H,24,25)(H3,22,23,26). The zero-order valence-electron chi connectivity index (χ0n) is 16.3.